The van der Waals surface area contributed by atoms with Crippen LogP contribution in [0.3, 0.4) is 0 Å². The van der Waals surface area contributed by atoms with E-state index in [1.165, 1.54) is 17.3 Å². The van der Waals surface area contributed by atoms with Crippen molar-refractivity contribution in [2.75, 3.05) is 26.3 Å². The second-order valence-corrected chi connectivity index (χ2v) is 4.60. The number of carbonyl (C=O) groups excluding carboxylic acids is 2. The van der Waals surface area contributed by atoms with Crippen LogP contribution in [0.25, 0.3) is 0 Å². The van der Waals surface area contributed by atoms with Gasteiger partial charge in [0.2, 0.25) is 5.91 Å². The molecule has 1 unspecified atom stereocenters. The highest BCUT2D eigenvalue weighted by molar-refractivity contribution is 6.29. The molecular weight excluding hydrogens is 284 g/mol. The Kier molecular flexibility index (Phi) is 4.86. The first-order valence-corrected chi connectivity index (χ1v) is 6.65. The molecule has 0 aliphatic carbocycles. The maximum atomic E-state index is 12.4. The molecule has 1 aliphatic heterocycles. The average molecular weight is 299 g/mol. The summed E-state index contributed by atoms with van der Waals surface area (Å²) in [5, 5.41) is 2.90. The van der Waals surface area contributed by atoms with Crippen LogP contribution in [0.15, 0.2) is 12.4 Å². The Morgan fingerprint density at radius 1 is 1.50 bits per heavy atom. The number of nitrogens with zero attached hydrogens (tertiary/aromatic N) is 3. The lowest BCUT2D eigenvalue weighted by atomic mass is 10.2. The van der Waals surface area contributed by atoms with Gasteiger partial charge in [0.25, 0.3) is 5.91 Å². The number of carbonyl (C=O) groups is 2. The Bertz CT molecular complexity index is 494. The highest BCUT2D eigenvalue weighted by Crippen LogP contribution is 2.12. The minimum atomic E-state index is -0.645. The molecule has 0 spiro atoms. The fourth-order valence-electron chi connectivity index (χ4n) is 1.93. The molecule has 2 amide bonds. The van der Waals surface area contributed by atoms with E-state index in [9.17, 15) is 9.59 Å². The largest absolute Gasteiger partial charge is 0.377 e. The van der Waals surface area contributed by atoms with Crippen LogP contribution < -0.4 is 5.32 Å². The van der Waals surface area contributed by atoms with Crippen LogP contribution in [-0.2, 0) is 9.53 Å². The predicted octanol–water partition coefficient (Wildman–Crippen LogP) is 0.107. The van der Waals surface area contributed by atoms with E-state index < -0.39 is 6.04 Å². The van der Waals surface area contributed by atoms with Crippen LogP contribution in [0.2, 0.25) is 5.15 Å². The maximum Gasteiger partial charge on any atom is 0.274 e. The van der Waals surface area contributed by atoms with Crippen LogP contribution in [0.1, 0.15) is 17.4 Å². The number of nitrogens with one attached hydrogen (secondary N) is 1. The first-order valence-electron chi connectivity index (χ1n) is 6.27. The zero-order valence-electron chi connectivity index (χ0n) is 11.0. The molecule has 7 nitrogen and oxygen atoms in total. The van der Waals surface area contributed by atoms with E-state index in [4.69, 9.17) is 16.3 Å². The van der Waals surface area contributed by atoms with Crippen molar-refractivity contribution < 1.29 is 14.3 Å². The number of ether oxygens (including phenoxy) is 1. The third-order valence-corrected chi connectivity index (χ3v) is 3.08. The number of hydrogen-bond acceptors (Lipinski definition) is 5. The van der Waals surface area contributed by atoms with Crippen molar-refractivity contribution in [3.05, 3.63) is 23.2 Å². The number of likely N-dealkylation sites (N-methyl/N-ethyl adjacent to an activating group) is 1. The molecule has 1 aromatic heterocycles. The number of halogens is 1. The number of amides is 2. The Labute approximate surface area is 121 Å². The van der Waals surface area contributed by atoms with E-state index >= 15 is 0 Å². The Balaban J connectivity index is 2.16. The molecular formula is C12H15ClN4O3. The van der Waals surface area contributed by atoms with Gasteiger partial charge >= 0.3 is 0 Å². The number of aromatic nitrogens is 2. The third-order valence-electron chi connectivity index (χ3n) is 2.88. The lowest BCUT2D eigenvalue weighted by Crippen LogP contribution is -2.56. The van der Waals surface area contributed by atoms with Gasteiger partial charge in [-0.05, 0) is 6.92 Å². The SMILES string of the molecule is CCNC(=O)C1COCCN1C(=O)c1cnc(Cl)cn1. The molecule has 2 rings (SSSR count). The van der Waals surface area contributed by atoms with E-state index in [-0.39, 0.29) is 29.3 Å². The summed E-state index contributed by atoms with van der Waals surface area (Å²) in [5.74, 6) is -0.587. The molecule has 1 N–H and O–H groups in total. The Morgan fingerprint density at radius 3 is 2.95 bits per heavy atom. The number of morpholine rings is 1. The van der Waals surface area contributed by atoms with Gasteiger partial charge in [0, 0.05) is 13.1 Å². The van der Waals surface area contributed by atoms with Crippen LogP contribution in [-0.4, -0.2) is 59.0 Å². The van der Waals surface area contributed by atoms with Gasteiger partial charge in [-0.3, -0.25) is 9.59 Å². The van der Waals surface area contributed by atoms with Gasteiger partial charge in [-0.2, -0.15) is 0 Å². The van der Waals surface area contributed by atoms with Crippen molar-refractivity contribution in [1.29, 1.82) is 0 Å². The quantitative estimate of drug-likeness (QED) is 0.856. The minimum absolute atomic E-state index is 0.158. The van der Waals surface area contributed by atoms with Gasteiger partial charge in [0.05, 0.1) is 25.6 Å². The molecule has 0 bridgehead atoms. The lowest BCUT2D eigenvalue weighted by molar-refractivity contribution is -0.130. The topological polar surface area (TPSA) is 84.4 Å². The van der Waals surface area contributed by atoms with Crippen LogP contribution in [0, 0.1) is 0 Å². The summed E-state index contributed by atoms with van der Waals surface area (Å²) in [6, 6.07) is -0.645. The van der Waals surface area contributed by atoms with E-state index in [0.717, 1.165) is 0 Å². The van der Waals surface area contributed by atoms with Crippen LogP contribution >= 0.6 is 11.6 Å². The molecule has 1 aliphatic rings. The Hall–Kier alpha value is -1.73. The van der Waals surface area contributed by atoms with E-state index in [2.05, 4.69) is 15.3 Å². The molecule has 0 aromatic carbocycles. The first kappa shape index (κ1) is 14.7. The van der Waals surface area contributed by atoms with E-state index in [0.29, 0.717) is 19.7 Å². The highest BCUT2D eigenvalue weighted by Gasteiger charge is 2.33. The summed E-state index contributed by atoms with van der Waals surface area (Å²) in [7, 11) is 0. The van der Waals surface area contributed by atoms with Crippen molar-refractivity contribution in [2.24, 2.45) is 0 Å². The molecule has 1 saturated heterocycles. The van der Waals surface area contributed by atoms with E-state index in [1.807, 2.05) is 6.92 Å². The molecule has 0 radical (unpaired) electrons. The molecule has 8 heteroatoms. The van der Waals surface area contributed by atoms with Gasteiger partial charge in [0.15, 0.2) is 0 Å². The molecule has 108 valence electrons. The summed E-state index contributed by atoms with van der Waals surface area (Å²) >= 11 is 5.64. The van der Waals surface area contributed by atoms with Crippen molar-refractivity contribution in [1.82, 2.24) is 20.2 Å². The summed E-state index contributed by atoms with van der Waals surface area (Å²) in [6.07, 6.45) is 2.60. The highest BCUT2D eigenvalue weighted by atomic mass is 35.5. The first-order chi connectivity index (χ1) is 9.63. The Morgan fingerprint density at radius 2 is 2.30 bits per heavy atom. The van der Waals surface area contributed by atoms with Crippen molar-refractivity contribution >= 4 is 23.4 Å². The zero-order valence-corrected chi connectivity index (χ0v) is 11.8. The summed E-state index contributed by atoms with van der Waals surface area (Å²) in [4.78, 5) is 33.5. The van der Waals surface area contributed by atoms with Crippen molar-refractivity contribution in [2.45, 2.75) is 13.0 Å². The van der Waals surface area contributed by atoms with Crippen LogP contribution in [0.4, 0.5) is 0 Å². The van der Waals surface area contributed by atoms with Gasteiger partial charge in [-0.15, -0.1) is 0 Å². The molecule has 1 atom stereocenters. The molecule has 1 aromatic rings. The summed E-state index contributed by atoms with van der Waals surface area (Å²) in [6.45, 7) is 3.22. The summed E-state index contributed by atoms with van der Waals surface area (Å²) < 4.78 is 5.27. The van der Waals surface area contributed by atoms with Crippen molar-refractivity contribution in [3.8, 4) is 0 Å². The molecule has 20 heavy (non-hydrogen) atoms. The summed E-state index contributed by atoms with van der Waals surface area (Å²) in [5.41, 5.74) is 0.158. The van der Waals surface area contributed by atoms with Gasteiger partial charge < -0.3 is 15.0 Å². The zero-order chi connectivity index (χ0) is 14.5. The van der Waals surface area contributed by atoms with Crippen molar-refractivity contribution in [3.63, 3.8) is 0 Å². The normalized spacial score (nSPS) is 18.7. The maximum absolute atomic E-state index is 12.4. The standard InChI is InChI=1S/C12H15ClN4O3/c1-2-14-11(18)9-7-20-4-3-17(9)12(19)8-5-16-10(13)6-15-8/h5-6,9H,2-4,7H2,1H3,(H,14,18). The molecule has 2 heterocycles. The second-order valence-electron chi connectivity index (χ2n) is 4.21. The van der Waals surface area contributed by atoms with Gasteiger partial charge in [-0.1, -0.05) is 11.6 Å². The molecule has 1 fully saturated rings. The number of rotatable bonds is 3. The smallest absolute Gasteiger partial charge is 0.274 e. The lowest BCUT2D eigenvalue weighted by Gasteiger charge is -2.34. The van der Waals surface area contributed by atoms with E-state index in [1.54, 1.807) is 0 Å². The fraction of sp³-hybridized carbons (Fsp3) is 0.500. The number of hydrogen-bond donors (Lipinski definition) is 1. The monoisotopic (exact) mass is 298 g/mol. The predicted molar refractivity (Wildman–Crippen MR) is 71.4 cm³/mol. The van der Waals surface area contributed by atoms with Gasteiger partial charge in [0.1, 0.15) is 16.9 Å². The average Bonchev–Trinajstić information content (AvgIpc) is 2.47. The molecule has 0 saturated carbocycles. The third kappa shape index (κ3) is 3.23. The fourth-order valence-corrected chi connectivity index (χ4v) is 2.02. The van der Waals surface area contributed by atoms with Crippen LogP contribution in [0.5, 0.6) is 0 Å². The van der Waals surface area contributed by atoms with Gasteiger partial charge in [-0.25, -0.2) is 9.97 Å². The second kappa shape index (κ2) is 6.62. The minimum Gasteiger partial charge on any atom is -0.377 e.